The number of rotatable bonds is 3. The van der Waals surface area contributed by atoms with Gasteiger partial charge in [0.1, 0.15) is 5.75 Å². The molecule has 5 heteroatoms. The van der Waals surface area contributed by atoms with Crippen molar-refractivity contribution in [3.63, 3.8) is 0 Å². The van der Waals surface area contributed by atoms with Gasteiger partial charge in [-0.3, -0.25) is 9.59 Å². The number of ether oxygens (including phenoxy) is 1. The van der Waals surface area contributed by atoms with E-state index in [1.165, 1.54) is 25.3 Å². The van der Waals surface area contributed by atoms with Crippen LogP contribution in [0, 0.1) is 0 Å². The lowest BCUT2D eigenvalue weighted by molar-refractivity contribution is 0.106. The molecule has 3 nitrogen and oxygen atoms in total. The summed E-state index contributed by atoms with van der Waals surface area (Å²) in [5.41, 5.74) is 0.459. The number of hydrogen-bond acceptors (Lipinski definition) is 3. The van der Waals surface area contributed by atoms with Gasteiger partial charge in [-0.25, -0.2) is 0 Å². The molecule has 0 aromatic heterocycles. The summed E-state index contributed by atoms with van der Waals surface area (Å²) in [6, 6.07) is 4.17. The van der Waals surface area contributed by atoms with Gasteiger partial charge in [-0.1, -0.05) is 0 Å². The molecule has 14 heavy (non-hydrogen) atoms. The number of methoxy groups -OCH3 is 1. The van der Waals surface area contributed by atoms with Crippen LogP contribution in [0.4, 0.5) is 0 Å². The molecule has 0 aliphatic heterocycles. The minimum Gasteiger partial charge on any atom is -0.496 e. The SMILES string of the molecule is COc1cc(C(=O)Cl)ccc1C(=O)Cl. The summed E-state index contributed by atoms with van der Waals surface area (Å²) in [4.78, 5) is 21.7. The van der Waals surface area contributed by atoms with Gasteiger partial charge in [-0.2, -0.15) is 0 Å². The fourth-order valence-electron chi connectivity index (χ4n) is 0.976. The second-order valence-corrected chi connectivity index (χ2v) is 3.15. The highest BCUT2D eigenvalue weighted by molar-refractivity contribution is 6.68. The first kappa shape index (κ1) is 11.0. The molecule has 0 spiro atoms. The van der Waals surface area contributed by atoms with E-state index in [-0.39, 0.29) is 16.9 Å². The molecular formula is C9H6Cl2O3. The van der Waals surface area contributed by atoms with Gasteiger partial charge in [0.15, 0.2) is 0 Å². The van der Waals surface area contributed by atoms with Gasteiger partial charge in [0.05, 0.1) is 12.7 Å². The van der Waals surface area contributed by atoms with Crippen LogP contribution in [0.3, 0.4) is 0 Å². The normalized spacial score (nSPS) is 9.64. The van der Waals surface area contributed by atoms with E-state index in [4.69, 9.17) is 27.9 Å². The first-order valence-electron chi connectivity index (χ1n) is 3.64. The third-order valence-electron chi connectivity index (χ3n) is 1.64. The van der Waals surface area contributed by atoms with Crippen molar-refractivity contribution >= 4 is 33.7 Å². The number of benzene rings is 1. The van der Waals surface area contributed by atoms with Crippen molar-refractivity contribution in [3.8, 4) is 5.75 Å². The Labute approximate surface area is 90.6 Å². The molecule has 0 saturated carbocycles. The average molecular weight is 233 g/mol. The van der Waals surface area contributed by atoms with Crippen molar-refractivity contribution in [1.29, 1.82) is 0 Å². The Hall–Kier alpha value is -1.06. The highest BCUT2D eigenvalue weighted by Gasteiger charge is 2.12. The number of carbonyl (C=O) groups excluding carboxylic acids is 2. The summed E-state index contributed by atoms with van der Waals surface area (Å²) in [6.45, 7) is 0. The van der Waals surface area contributed by atoms with E-state index in [2.05, 4.69) is 0 Å². The van der Waals surface area contributed by atoms with Crippen molar-refractivity contribution in [2.75, 3.05) is 7.11 Å². The maximum absolute atomic E-state index is 10.9. The number of hydrogen-bond donors (Lipinski definition) is 0. The Kier molecular flexibility index (Phi) is 3.49. The standard InChI is InChI=1S/C9H6Cl2O3/c1-14-7-4-5(8(10)12)2-3-6(7)9(11)13/h2-4H,1H3. The minimum absolute atomic E-state index is 0.204. The van der Waals surface area contributed by atoms with Crippen LogP contribution >= 0.6 is 23.2 Å². The van der Waals surface area contributed by atoms with E-state index in [0.29, 0.717) is 0 Å². The molecule has 1 aromatic carbocycles. The average Bonchev–Trinajstić information content (AvgIpc) is 2.16. The zero-order chi connectivity index (χ0) is 10.7. The van der Waals surface area contributed by atoms with Crippen LogP contribution in [0.1, 0.15) is 20.7 Å². The van der Waals surface area contributed by atoms with Crippen LogP contribution in [0.5, 0.6) is 5.75 Å². The predicted octanol–water partition coefficient (Wildman–Crippen LogP) is 2.45. The van der Waals surface area contributed by atoms with Crippen LogP contribution in [-0.2, 0) is 0 Å². The zero-order valence-corrected chi connectivity index (χ0v) is 8.72. The molecule has 0 aliphatic carbocycles. The van der Waals surface area contributed by atoms with Gasteiger partial charge in [-0.15, -0.1) is 0 Å². The predicted molar refractivity (Wildman–Crippen MR) is 53.4 cm³/mol. The van der Waals surface area contributed by atoms with Gasteiger partial charge < -0.3 is 4.74 Å². The van der Waals surface area contributed by atoms with Crippen LogP contribution < -0.4 is 4.74 Å². The van der Waals surface area contributed by atoms with Crippen molar-refractivity contribution in [1.82, 2.24) is 0 Å². The first-order valence-corrected chi connectivity index (χ1v) is 4.39. The second-order valence-electron chi connectivity index (χ2n) is 2.46. The second kappa shape index (κ2) is 4.44. The molecule has 0 bridgehead atoms. The molecule has 0 aliphatic rings. The van der Waals surface area contributed by atoms with E-state index < -0.39 is 10.5 Å². The molecule has 0 fully saturated rings. The van der Waals surface area contributed by atoms with Crippen molar-refractivity contribution < 1.29 is 14.3 Å². The largest absolute Gasteiger partial charge is 0.496 e. The summed E-state index contributed by atoms with van der Waals surface area (Å²) < 4.78 is 4.88. The fourth-order valence-corrected chi connectivity index (χ4v) is 1.25. The molecule has 1 rings (SSSR count). The van der Waals surface area contributed by atoms with E-state index >= 15 is 0 Å². The van der Waals surface area contributed by atoms with Crippen molar-refractivity contribution in [3.05, 3.63) is 29.3 Å². The minimum atomic E-state index is -0.643. The lowest BCUT2D eigenvalue weighted by Crippen LogP contribution is -1.98. The summed E-state index contributed by atoms with van der Waals surface area (Å²) in [5, 5.41) is -1.26. The van der Waals surface area contributed by atoms with Gasteiger partial charge >= 0.3 is 0 Å². The highest BCUT2D eigenvalue weighted by atomic mass is 35.5. The lowest BCUT2D eigenvalue weighted by Gasteiger charge is -2.05. The Bertz CT molecular complexity index is 388. The third kappa shape index (κ3) is 2.25. The Morgan fingerprint density at radius 1 is 1.21 bits per heavy atom. The van der Waals surface area contributed by atoms with Gasteiger partial charge in [0.25, 0.3) is 10.5 Å². The van der Waals surface area contributed by atoms with Crippen LogP contribution in [-0.4, -0.2) is 17.6 Å². The quantitative estimate of drug-likeness (QED) is 0.753. The zero-order valence-electron chi connectivity index (χ0n) is 7.21. The maximum atomic E-state index is 10.9. The van der Waals surface area contributed by atoms with E-state index in [1.54, 1.807) is 0 Å². The van der Waals surface area contributed by atoms with Crippen LogP contribution in [0.2, 0.25) is 0 Å². The molecule has 0 radical (unpaired) electrons. The summed E-state index contributed by atoms with van der Waals surface area (Å²) in [6.07, 6.45) is 0. The molecule has 0 amide bonds. The highest BCUT2D eigenvalue weighted by Crippen LogP contribution is 2.22. The number of halogens is 2. The maximum Gasteiger partial charge on any atom is 0.256 e. The van der Waals surface area contributed by atoms with Crippen LogP contribution in [0.25, 0.3) is 0 Å². The van der Waals surface area contributed by atoms with E-state index in [1.807, 2.05) is 0 Å². The van der Waals surface area contributed by atoms with E-state index in [0.717, 1.165) is 0 Å². The van der Waals surface area contributed by atoms with Crippen LogP contribution in [0.15, 0.2) is 18.2 Å². The first-order chi connectivity index (χ1) is 6.56. The molecular weight excluding hydrogens is 227 g/mol. The molecule has 0 unspecified atom stereocenters. The Balaban J connectivity index is 3.25. The van der Waals surface area contributed by atoms with Crippen molar-refractivity contribution in [2.45, 2.75) is 0 Å². The Morgan fingerprint density at radius 3 is 2.29 bits per heavy atom. The lowest BCUT2D eigenvalue weighted by atomic mass is 10.1. The molecule has 1 aromatic rings. The fraction of sp³-hybridized carbons (Fsp3) is 0.111. The third-order valence-corrected chi connectivity index (χ3v) is 2.06. The summed E-state index contributed by atoms with van der Waals surface area (Å²) in [7, 11) is 1.38. The molecule has 0 heterocycles. The monoisotopic (exact) mass is 232 g/mol. The summed E-state index contributed by atoms with van der Waals surface area (Å²) >= 11 is 10.5. The Morgan fingerprint density at radius 2 is 1.86 bits per heavy atom. The van der Waals surface area contributed by atoms with E-state index in [9.17, 15) is 9.59 Å². The molecule has 74 valence electrons. The molecule has 0 saturated heterocycles. The van der Waals surface area contributed by atoms with Gasteiger partial charge in [0.2, 0.25) is 0 Å². The van der Waals surface area contributed by atoms with Gasteiger partial charge in [0, 0.05) is 5.56 Å². The summed E-state index contributed by atoms with van der Waals surface area (Å²) in [5.74, 6) is 0.233. The molecule has 0 N–H and O–H groups in total. The van der Waals surface area contributed by atoms with Crippen molar-refractivity contribution in [2.24, 2.45) is 0 Å². The topological polar surface area (TPSA) is 43.4 Å². The number of carbonyl (C=O) groups is 2. The molecule has 0 atom stereocenters. The smallest absolute Gasteiger partial charge is 0.256 e. The van der Waals surface area contributed by atoms with Gasteiger partial charge in [-0.05, 0) is 41.4 Å².